The number of benzene rings is 3. The topological polar surface area (TPSA) is 219 Å². The molecule has 1 fully saturated rings. The fraction of sp³-hybridized carbons (Fsp3) is 0.562. The molecule has 25 heteroatoms. The molecular formula is C64H91BrF2N7O11PSSi2. The lowest BCUT2D eigenvalue weighted by Crippen LogP contribution is -2.53. The zero-order valence-electron chi connectivity index (χ0n) is 54.5. The number of methoxy groups -OCH3 is 2. The summed E-state index contributed by atoms with van der Waals surface area (Å²) in [5.41, 5.74) is 3.54. The maximum Gasteiger partial charge on any atom is 0.296 e. The minimum absolute atomic E-state index is 0.00750. The zero-order valence-corrected chi connectivity index (χ0v) is 59.8. The smallest absolute Gasteiger partial charge is 0.296 e. The van der Waals surface area contributed by atoms with Gasteiger partial charge in [0.1, 0.15) is 18.8 Å². The first-order chi connectivity index (χ1) is 41.7. The van der Waals surface area contributed by atoms with Crippen LogP contribution in [0.25, 0.3) is 0 Å². The largest absolute Gasteiger partial charge is 0.537 e. The number of fused-ring (bicyclic) bond motifs is 2. The molecule has 2 amide bonds. The number of anilines is 1. The molecule has 2 aromatic heterocycles. The van der Waals surface area contributed by atoms with Crippen LogP contribution in [0.4, 0.5) is 14.7 Å². The van der Waals surface area contributed by atoms with Crippen molar-refractivity contribution in [2.45, 2.75) is 180 Å². The number of carbonyl (C=O) groups excluding carboxylic acids is 2. The van der Waals surface area contributed by atoms with E-state index in [9.17, 15) is 40.9 Å². The average molecular weight is 1370 g/mol. The number of halogens is 3. The van der Waals surface area contributed by atoms with Gasteiger partial charge < -0.3 is 33.5 Å². The van der Waals surface area contributed by atoms with E-state index in [0.717, 1.165) is 37.4 Å². The van der Waals surface area contributed by atoms with E-state index in [0.29, 0.717) is 38.7 Å². The van der Waals surface area contributed by atoms with E-state index in [-0.39, 0.29) is 122 Å². The molecule has 89 heavy (non-hydrogen) atoms. The molecule has 2 N–H and O–H groups in total. The van der Waals surface area contributed by atoms with E-state index in [4.69, 9.17) is 23.3 Å². The van der Waals surface area contributed by atoms with Crippen molar-refractivity contribution in [2.75, 3.05) is 57.4 Å². The number of sulfonamides is 1. The van der Waals surface area contributed by atoms with E-state index in [1.54, 1.807) is 32.6 Å². The Morgan fingerprint density at radius 2 is 1.07 bits per heavy atom. The van der Waals surface area contributed by atoms with Crippen LogP contribution in [-0.2, 0) is 50.0 Å². The van der Waals surface area contributed by atoms with Crippen LogP contribution in [0.5, 0.6) is 11.5 Å². The third kappa shape index (κ3) is 15.1. The van der Waals surface area contributed by atoms with Gasteiger partial charge in [-0.25, -0.2) is 31.5 Å². The minimum atomic E-state index is -3.98. The quantitative estimate of drug-likeness (QED) is 0.0354. The molecular weight excluding hydrogens is 1280 g/mol. The van der Waals surface area contributed by atoms with Crippen molar-refractivity contribution in [1.82, 2.24) is 29.7 Å². The molecule has 1 aliphatic heterocycles. The first kappa shape index (κ1) is 71.1. The van der Waals surface area contributed by atoms with Crippen LogP contribution in [0.1, 0.15) is 169 Å². The molecule has 3 aliphatic rings. The van der Waals surface area contributed by atoms with Crippen molar-refractivity contribution in [3.05, 3.63) is 137 Å². The average Bonchev–Trinajstić information content (AvgIpc) is 0.970. The van der Waals surface area contributed by atoms with Crippen molar-refractivity contribution in [3.63, 3.8) is 0 Å². The summed E-state index contributed by atoms with van der Waals surface area (Å²) in [7, 11) is -8.87. The van der Waals surface area contributed by atoms with Crippen molar-refractivity contribution < 1.29 is 49.7 Å². The normalized spacial score (nSPS) is 17.5. The van der Waals surface area contributed by atoms with Crippen LogP contribution in [0.15, 0.2) is 75.0 Å². The molecule has 18 nitrogen and oxygen atoms in total. The Labute approximate surface area is 534 Å². The van der Waals surface area contributed by atoms with Gasteiger partial charge in [-0.1, -0.05) is 119 Å². The molecule has 0 spiro atoms. The highest BCUT2D eigenvalue weighted by atomic mass is 79.9. The first-order valence-corrected chi connectivity index (χ1v) is 40.2. The number of carbonyl (C=O) groups is 2. The molecule has 0 saturated carbocycles. The number of hydrogen-bond donors (Lipinski definition) is 2. The third-order valence-corrected chi connectivity index (χ3v) is 34.1. The Bertz CT molecular complexity index is 3630. The molecule has 1 saturated heterocycles. The van der Waals surface area contributed by atoms with Crippen LogP contribution in [0, 0.1) is 11.6 Å². The van der Waals surface area contributed by atoms with Crippen LogP contribution in [0.2, 0.25) is 33.2 Å². The highest BCUT2D eigenvalue weighted by Crippen LogP contribution is 2.45. The first-order valence-electron chi connectivity index (χ1n) is 30.9. The molecule has 3 atom stereocenters. The Kier molecular flexibility index (Phi) is 23.2. The van der Waals surface area contributed by atoms with Gasteiger partial charge in [0.2, 0.25) is 27.5 Å². The minimum Gasteiger partial charge on any atom is -0.537 e. The van der Waals surface area contributed by atoms with Gasteiger partial charge >= 0.3 is 0 Å². The fourth-order valence-corrected chi connectivity index (χ4v) is 27.3. The standard InChI is InChI=1S/C38H54FN4O7PSSi.C26H37BrFN3O4Si/c1-24(2)53(25(3)4,26(5)6)50-35-34(36(44)40-33-17-12-28-22-30(39)13-16-32(28)33)41-38(42(37(35)45)19-20-49-7)43-23-29(18-21-52(43,47)48)27-10-14-31(15-11-27)51(8,9)46;1-15(2)36(16(3)4,17(5)6)35-23-22(30-26(27)31(25(23)33)12-13-34-7)24(32)29-21-11-8-18-14-19(28)9-10-20(18)21/h10-11,13-16,22,24-26,29,33H,12,17-21,23H2,1-9H3,(H,40,44);9-10,14-17,21H,8,11-13H2,1-7H3,(H,29,32). The Morgan fingerprint density at radius 3 is 1.48 bits per heavy atom. The van der Waals surface area contributed by atoms with Gasteiger partial charge in [0, 0.05) is 32.0 Å². The number of rotatable bonds is 23. The van der Waals surface area contributed by atoms with Crippen LogP contribution >= 0.6 is 23.1 Å². The van der Waals surface area contributed by atoms with Crippen LogP contribution < -0.4 is 40.2 Å². The summed E-state index contributed by atoms with van der Waals surface area (Å²) in [6.45, 7) is 29.1. The summed E-state index contributed by atoms with van der Waals surface area (Å²) in [4.78, 5) is 66.0. The second-order valence-corrected chi connectivity index (χ2v) is 42.7. The zero-order chi connectivity index (χ0) is 65.8. The maximum absolute atomic E-state index is 14.9. The summed E-state index contributed by atoms with van der Waals surface area (Å²) >= 11 is 3.37. The Morgan fingerprint density at radius 1 is 0.652 bits per heavy atom. The van der Waals surface area contributed by atoms with Crippen molar-refractivity contribution in [3.8, 4) is 11.5 Å². The maximum atomic E-state index is 14.9. The van der Waals surface area contributed by atoms with Gasteiger partial charge in [-0.05, 0) is 147 Å². The van der Waals surface area contributed by atoms with Crippen molar-refractivity contribution in [2.24, 2.45) is 0 Å². The SMILES string of the molecule is COCCn1c(Br)nc(C(=O)NC2CCc3cc(F)ccc32)c(O[Si](C(C)C)(C(C)C)C(C)C)c1=O.COCCn1c(N2CC(c3ccc(P(C)(C)=O)cc3)CCS2(=O)=O)nc(C(=O)NC2CCc3cc(F)ccc32)c(O[Si](C(C)C)(C(C)C)C(C)C)c1=O. The van der Waals surface area contributed by atoms with Gasteiger partial charge in [0.25, 0.3) is 39.6 Å². The lowest BCUT2D eigenvalue weighted by atomic mass is 9.96. The third-order valence-electron chi connectivity index (χ3n) is 18.3. The van der Waals surface area contributed by atoms with Gasteiger partial charge in [0.15, 0.2) is 16.1 Å². The number of nitrogens with one attached hydrogen (secondary N) is 2. The molecule has 0 radical (unpaired) electrons. The number of nitrogens with zero attached hydrogens (tertiary/aromatic N) is 5. The molecule has 3 unspecified atom stereocenters. The van der Waals surface area contributed by atoms with Gasteiger partial charge in [-0.2, -0.15) is 0 Å². The van der Waals surface area contributed by atoms with E-state index >= 15 is 0 Å². The highest BCUT2D eigenvalue weighted by molar-refractivity contribution is 9.10. The Hall–Kier alpha value is -5.37. The molecule has 3 heterocycles. The summed E-state index contributed by atoms with van der Waals surface area (Å²) in [6, 6.07) is 15.7. The molecule has 488 valence electrons. The van der Waals surface area contributed by atoms with E-state index in [2.05, 4.69) is 115 Å². The number of hydrogen-bond acceptors (Lipinski definition) is 13. The number of aromatic nitrogens is 4. The van der Waals surface area contributed by atoms with E-state index in [1.807, 2.05) is 24.3 Å². The number of amides is 2. The molecule has 3 aromatic carbocycles. The Balaban J connectivity index is 0.000000273. The number of aryl methyl sites for hydroxylation is 2. The predicted octanol–water partition coefficient (Wildman–Crippen LogP) is 12.3. The van der Waals surface area contributed by atoms with Gasteiger partial charge in [0.05, 0.1) is 44.1 Å². The highest BCUT2D eigenvalue weighted by Gasteiger charge is 2.50. The van der Waals surface area contributed by atoms with Crippen LogP contribution in [0.3, 0.4) is 0 Å². The van der Waals surface area contributed by atoms with E-state index < -0.39 is 62.8 Å². The predicted molar refractivity (Wildman–Crippen MR) is 356 cm³/mol. The lowest BCUT2D eigenvalue weighted by Gasteiger charge is -2.42. The molecule has 0 bridgehead atoms. The second-order valence-electron chi connectivity index (χ2n) is 26.0. The van der Waals surface area contributed by atoms with Gasteiger partial charge in [-0.3, -0.25) is 28.3 Å². The summed E-state index contributed by atoms with van der Waals surface area (Å²) in [5, 5.41) is 6.77. The molecule has 5 aromatic rings. The molecule has 2 aliphatic carbocycles. The van der Waals surface area contributed by atoms with Gasteiger partial charge in [-0.15, -0.1) is 0 Å². The van der Waals surface area contributed by atoms with Crippen molar-refractivity contribution >= 4 is 72.8 Å². The lowest BCUT2D eigenvalue weighted by molar-refractivity contribution is 0.0920. The second kappa shape index (κ2) is 29.1. The summed E-state index contributed by atoms with van der Waals surface area (Å²) < 4.78 is 96.6. The van der Waals surface area contributed by atoms with Crippen LogP contribution in [-0.4, -0.2) is 109 Å². The molecule has 8 rings (SSSR count). The monoisotopic (exact) mass is 1370 g/mol. The fourth-order valence-electron chi connectivity index (χ4n) is 13.9. The van der Waals surface area contributed by atoms with E-state index in [1.165, 1.54) is 40.5 Å². The summed E-state index contributed by atoms with van der Waals surface area (Å²) in [6.07, 6.45) is 2.73. The van der Waals surface area contributed by atoms with Crippen molar-refractivity contribution in [1.29, 1.82) is 0 Å². The number of ether oxygens (including phenoxy) is 2. The summed E-state index contributed by atoms with van der Waals surface area (Å²) in [5.74, 6) is -2.68.